The van der Waals surface area contributed by atoms with E-state index in [-0.39, 0.29) is 0 Å². The number of thiophene rings is 1. The van der Waals surface area contributed by atoms with Crippen LogP contribution in [-0.4, -0.2) is 0 Å². The van der Waals surface area contributed by atoms with Crippen molar-refractivity contribution in [1.29, 1.82) is 0 Å². The summed E-state index contributed by atoms with van der Waals surface area (Å²) in [5.74, 6) is 0. The van der Waals surface area contributed by atoms with Crippen LogP contribution in [0.3, 0.4) is 0 Å². The van der Waals surface area contributed by atoms with Crippen LogP contribution in [0.4, 0.5) is 0 Å². The maximum absolute atomic E-state index is 2.23. The van der Waals surface area contributed by atoms with Crippen LogP contribution in [0, 0.1) is 27.7 Å². The molecule has 0 nitrogen and oxygen atoms in total. The van der Waals surface area contributed by atoms with Crippen molar-refractivity contribution in [3.63, 3.8) is 0 Å². The number of aryl methyl sites for hydroxylation is 2. The van der Waals surface area contributed by atoms with Gasteiger partial charge in [-0.2, -0.15) is 0 Å². The van der Waals surface area contributed by atoms with Crippen molar-refractivity contribution in [3.05, 3.63) is 70.8 Å². The van der Waals surface area contributed by atoms with Gasteiger partial charge in [0, 0.05) is 9.75 Å². The molecule has 0 aliphatic heterocycles. The van der Waals surface area contributed by atoms with Crippen LogP contribution in [0.15, 0.2) is 48.5 Å². The van der Waals surface area contributed by atoms with Crippen LogP contribution in [-0.2, 0) is 0 Å². The van der Waals surface area contributed by atoms with Crippen LogP contribution in [0.1, 0.15) is 22.3 Å². The Morgan fingerprint density at radius 3 is 1.19 bits per heavy atom. The van der Waals surface area contributed by atoms with Crippen molar-refractivity contribution in [3.8, 4) is 20.9 Å². The van der Waals surface area contributed by atoms with Crippen molar-refractivity contribution >= 4 is 11.3 Å². The highest BCUT2D eigenvalue weighted by Crippen LogP contribution is 2.41. The first-order valence-corrected chi connectivity index (χ1v) is 8.12. The summed E-state index contributed by atoms with van der Waals surface area (Å²) in [5.41, 5.74) is 8.07. The van der Waals surface area contributed by atoms with E-state index in [0.717, 1.165) is 0 Å². The molecule has 0 atom stereocenters. The summed E-state index contributed by atoms with van der Waals surface area (Å²) in [4.78, 5) is 2.78. The van der Waals surface area contributed by atoms with Gasteiger partial charge in [0.25, 0.3) is 0 Å². The molecule has 0 saturated carbocycles. The lowest BCUT2D eigenvalue weighted by Gasteiger charge is -2.01. The Kier molecular flexibility index (Phi) is 3.69. The number of hydrogen-bond acceptors (Lipinski definition) is 1. The molecule has 0 aliphatic carbocycles. The molecule has 0 amide bonds. The lowest BCUT2D eigenvalue weighted by atomic mass is 10.0. The lowest BCUT2D eigenvalue weighted by Crippen LogP contribution is -1.80. The van der Waals surface area contributed by atoms with Gasteiger partial charge in [-0.05, 0) is 49.9 Å². The molecule has 21 heavy (non-hydrogen) atoms. The molecule has 0 saturated heterocycles. The summed E-state index contributed by atoms with van der Waals surface area (Å²) in [6, 6.07) is 17.7. The zero-order valence-corrected chi connectivity index (χ0v) is 13.8. The van der Waals surface area contributed by atoms with Gasteiger partial charge in [0.2, 0.25) is 0 Å². The Morgan fingerprint density at radius 1 is 0.524 bits per heavy atom. The van der Waals surface area contributed by atoms with Gasteiger partial charge in [-0.3, -0.25) is 0 Å². The molecule has 0 fully saturated rings. The quantitative estimate of drug-likeness (QED) is 0.518. The van der Waals surface area contributed by atoms with Crippen molar-refractivity contribution in [2.75, 3.05) is 0 Å². The van der Waals surface area contributed by atoms with E-state index in [2.05, 4.69) is 76.2 Å². The molecule has 0 spiro atoms. The number of benzene rings is 2. The second-order valence-electron chi connectivity index (χ2n) is 5.74. The molecule has 0 bridgehead atoms. The Balaban J connectivity index is 2.11. The van der Waals surface area contributed by atoms with Crippen LogP contribution in [0.5, 0.6) is 0 Å². The highest BCUT2D eigenvalue weighted by Gasteiger charge is 2.14. The van der Waals surface area contributed by atoms with E-state index in [9.17, 15) is 0 Å². The van der Waals surface area contributed by atoms with E-state index in [1.165, 1.54) is 43.1 Å². The minimum absolute atomic E-state index is 1.31. The first kappa shape index (κ1) is 14.1. The summed E-state index contributed by atoms with van der Waals surface area (Å²) in [7, 11) is 0. The van der Waals surface area contributed by atoms with Crippen molar-refractivity contribution in [2.45, 2.75) is 27.7 Å². The van der Waals surface area contributed by atoms with Crippen LogP contribution in [0.25, 0.3) is 20.9 Å². The minimum Gasteiger partial charge on any atom is -0.135 e. The fraction of sp³-hybridized carbons (Fsp3) is 0.200. The summed E-state index contributed by atoms with van der Waals surface area (Å²) < 4.78 is 0. The van der Waals surface area contributed by atoms with Gasteiger partial charge in [-0.15, -0.1) is 11.3 Å². The largest absolute Gasteiger partial charge is 0.135 e. The maximum Gasteiger partial charge on any atom is 0.0381 e. The van der Waals surface area contributed by atoms with E-state index in [0.29, 0.717) is 0 Å². The molecule has 3 aromatic rings. The Morgan fingerprint density at radius 2 is 0.857 bits per heavy atom. The minimum atomic E-state index is 1.31. The SMILES string of the molecule is Cc1ccc(-c2sc(-c3ccc(C)cc3)c(C)c2C)cc1. The van der Waals surface area contributed by atoms with Gasteiger partial charge >= 0.3 is 0 Å². The predicted octanol–water partition coefficient (Wildman–Crippen LogP) is 6.32. The molecule has 0 radical (unpaired) electrons. The second-order valence-corrected chi connectivity index (χ2v) is 6.76. The Labute approximate surface area is 131 Å². The zero-order valence-electron chi connectivity index (χ0n) is 13.0. The van der Waals surface area contributed by atoms with Gasteiger partial charge in [0.05, 0.1) is 0 Å². The van der Waals surface area contributed by atoms with Crippen molar-refractivity contribution in [2.24, 2.45) is 0 Å². The molecule has 106 valence electrons. The molecule has 2 aromatic carbocycles. The zero-order chi connectivity index (χ0) is 15.0. The molecule has 1 heteroatoms. The Bertz CT molecular complexity index is 693. The summed E-state index contributed by atoms with van der Waals surface area (Å²) in [6.07, 6.45) is 0. The van der Waals surface area contributed by atoms with Gasteiger partial charge in [0.1, 0.15) is 0 Å². The standard InChI is InChI=1S/C20H20S/c1-13-5-9-17(10-6-13)19-15(3)16(4)20(21-19)18-11-7-14(2)8-12-18/h5-12H,1-4H3. The molecule has 1 aromatic heterocycles. The predicted molar refractivity (Wildman–Crippen MR) is 94.1 cm³/mol. The summed E-state index contributed by atoms with van der Waals surface area (Å²) in [5, 5.41) is 0. The first-order valence-electron chi connectivity index (χ1n) is 7.30. The topological polar surface area (TPSA) is 0 Å². The third-order valence-corrected chi connectivity index (χ3v) is 5.57. The van der Waals surface area contributed by atoms with Gasteiger partial charge < -0.3 is 0 Å². The third kappa shape index (κ3) is 2.66. The normalized spacial score (nSPS) is 10.9. The average molecular weight is 292 g/mol. The summed E-state index contributed by atoms with van der Waals surface area (Å²) >= 11 is 1.90. The van der Waals surface area contributed by atoms with Gasteiger partial charge in [-0.25, -0.2) is 0 Å². The fourth-order valence-corrected chi connectivity index (χ4v) is 3.88. The lowest BCUT2D eigenvalue weighted by molar-refractivity contribution is 1.39. The van der Waals surface area contributed by atoms with E-state index in [1.54, 1.807) is 0 Å². The average Bonchev–Trinajstić information content (AvgIpc) is 2.78. The molecule has 0 N–H and O–H groups in total. The Hall–Kier alpha value is -1.86. The van der Waals surface area contributed by atoms with Crippen LogP contribution >= 0.6 is 11.3 Å². The number of rotatable bonds is 2. The number of hydrogen-bond donors (Lipinski definition) is 0. The first-order chi connectivity index (χ1) is 10.1. The van der Waals surface area contributed by atoms with Crippen molar-refractivity contribution < 1.29 is 0 Å². The van der Waals surface area contributed by atoms with Crippen molar-refractivity contribution in [1.82, 2.24) is 0 Å². The van der Waals surface area contributed by atoms with E-state index in [1.807, 2.05) is 11.3 Å². The maximum atomic E-state index is 2.23. The second kappa shape index (κ2) is 5.50. The van der Waals surface area contributed by atoms with E-state index >= 15 is 0 Å². The van der Waals surface area contributed by atoms with Crippen LogP contribution < -0.4 is 0 Å². The third-order valence-electron chi connectivity index (χ3n) is 4.08. The molecule has 0 unspecified atom stereocenters. The smallest absolute Gasteiger partial charge is 0.0381 e. The molecular formula is C20H20S. The molecule has 1 heterocycles. The molecular weight excluding hydrogens is 272 g/mol. The fourth-order valence-electron chi connectivity index (χ4n) is 2.56. The van der Waals surface area contributed by atoms with E-state index in [4.69, 9.17) is 0 Å². The molecule has 3 rings (SSSR count). The van der Waals surface area contributed by atoms with E-state index < -0.39 is 0 Å². The summed E-state index contributed by atoms with van der Waals surface area (Å²) in [6.45, 7) is 8.74. The monoisotopic (exact) mass is 292 g/mol. The van der Waals surface area contributed by atoms with Gasteiger partial charge in [-0.1, -0.05) is 59.7 Å². The highest BCUT2D eigenvalue weighted by atomic mass is 32.1. The van der Waals surface area contributed by atoms with Crippen LogP contribution in [0.2, 0.25) is 0 Å². The van der Waals surface area contributed by atoms with Gasteiger partial charge in [0.15, 0.2) is 0 Å². The molecule has 0 aliphatic rings. The highest BCUT2D eigenvalue weighted by molar-refractivity contribution is 7.19.